The monoisotopic (exact) mass is 194 g/mol. The fourth-order valence-corrected chi connectivity index (χ4v) is 0.932. The Kier molecular flexibility index (Phi) is 3.37. The summed E-state index contributed by atoms with van der Waals surface area (Å²) in [6.45, 7) is 0. The summed E-state index contributed by atoms with van der Waals surface area (Å²) in [5.41, 5.74) is 7.80. The van der Waals surface area contributed by atoms with Crippen molar-refractivity contribution in [2.75, 3.05) is 0 Å². The van der Waals surface area contributed by atoms with Gasteiger partial charge in [0.2, 0.25) is 0 Å². The number of nitrogens with one attached hydrogen (secondary N) is 1. The molecule has 0 spiro atoms. The first-order valence-electron chi connectivity index (χ1n) is 3.86. The van der Waals surface area contributed by atoms with Crippen molar-refractivity contribution >= 4 is 12.2 Å². The van der Waals surface area contributed by atoms with Gasteiger partial charge in [0.25, 0.3) is 0 Å². The smallest absolute Gasteiger partial charge is 0.402 e. The van der Waals surface area contributed by atoms with Crippen molar-refractivity contribution in [3.05, 3.63) is 36.0 Å². The molecule has 1 heterocycles. The van der Waals surface area contributed by atoms with Crippen LogP contribution in [0.4, 0.5) is 4.79 Å². The van der Waals surface area contributed by atoms with Gasteiger partial charge < -0.3 is 15.7 Å². The molecule has 14 heavy (non-hydrogen) atoms. The van der Waals surface area contributed by atoms with Gasteiger partial charge in [-0.05, 0) is 12.1 Å². The van der Waals surface area contributed by atoms with Crippen LogP contribution in [0.3, 0.4) is 0 Å². The van der Waals surface area contributed by atoms with Gasteiger partial charge >= 0.3 is 6.09 Å². The molecule has 1 aliphatic heterocycles. The highest BCUT2D eigenvalue weighted by Gasteiger charge is 2.01. The summed E-state index contributed by atoms with van der Waals surface area (Å²) in [5, 5.41) is 7.19. The predicted molar refractivity (Wildman–Crippen MR) is 51.5 cm³/mol. The Balaban J connectivity index is 0.000000213. The number of hydrogen-bond acceptors (Lipinski definition) is 3. The number of rotatable bonds is 0. The summed E-state index contributed by atoms with van der Waals surface area (Å²) >= 11 is 0. The summed E-state index contributed by atoms with van der Waals surface area (Å²) in [5.74, 6) is 0.880. The first kappa shape index (κ1) is 9.91. The Labute approximate surface area is 80.7 Å². The van der Waals surface area contributed by atoms with Crippen molar-refractivity contribution in [3.8, 4) is 5.75 Å². The molecule has 0 bridgehead atoms. The molecule has 0 saturated carbocycles. The van der Waals surface area contributed by atoms with E-state index >= 15 is 0 Å². The lowest BCUT2D eigenvalue weighted by atomic mass is 10.2. The topological polar surface area (TPSA) is 84.6 Å². The van der Waals surface area contributed by atoms with E-state index in [-0.39, 0.29) is 0 Å². The van der Waals surface area contributed by atoms with Gasteiger partial charge in [-0.2, -0.15) is 0 Å². The molecular formula is C9H10N2O3. The zero-order valence-electron chi connectivity index (χ0n) is 7.31. The van der Waals surface area contributed by atoms with E-state index in [4.69, 9.17) is 14.7 Å². The van der Waals surface area contributed by atoms with Crippen LogP contribution in [-0.2, 0) is 0 Å². The predicted octanol–water partition coefficient (Wildman–Crippen LogP) is 1.18. The van der Waals surface area contributed by atoms with Crippen molar-refractivity contribution in [3.63, 3.8) is 0 Å². The third-order valence-electron chi connectivity index (χ3n) is 1.42. The molecule has 1 amide bonds. The van der Waals surface area contributed by atoms with Gasteiger partial charge in [0, 0.05) is 11.8 Å². The normalized spacial score (nSPS) is 11.1. The SMILES string of the molecule is C1=Cc2ccccc2ON1.NC(=O)O. The largest absolute Gasteiger partial charge is 0.465 e. The minimum absolute atomic E-state index is 0.880. The second kappa shape index (κ2) is 4.76. The lowest BCUT2D eigenvalue weighted by Crippen LogP contribution is -2.13. The molecule has 5 nitrogen and oxygen atoms in total. The third-order valence-corrected chi connectivity index (χ3v) is 1.42. The van der Waals surface area contributed by atoms with Crippen molar-refractivity contribution in [1.82, 2.24) is 5.48 Å². The van der Waals surface area contributed by atoms with Crippen molar-refractivity contribution in [2.45, 2.75) is 0 Å². The summed E-state index contributed by atoms with van der Waals surface area (Å²) in [7, 11) is 0. The highest BCUT2D eigenvalue weighted by molar-refractivity contribution is 5.61. The Hall–Kier alpha value is -2.17. The number of amides is 1. The van der Waals surface area contributed by atoms with E-state index in [0.717, 1.165) is 11.3 Å². The highest BCUT2D eigenvalue weighted by Crippen LogP contribution is 2.20. The van der Waals surface area contributed by atoms with Gasteiger partial charge in [0.05, 0.1) is 0 Å². The Morgan fingerprint density at radius 2 is 2.07 bits per heavy atom. The van der Waals surface area contributed by atoms with E-state index in [9.17, 15) is 0 Å². The second-order valence-electron chi connectivity index (χ2n) is 2.43. The van der Waals surface area contributed by atoms with Crippen LogP contribution in [0.15, 0.2) is 30.5 Å². The summed E-state index contributed by atoms with van der Waals surface area (Å²) in [6.07, 6.45) is 2.40. The van der Waals surface area contributed by atoms with Crippen LogP contribution < -0.4 is 16.1 Å². The molecular weight excluding hydrogens is 184 g/mol. The molecule has 0 unspecified atom stereocenters. The number of primary amides is 1. The minimum atomic E-state index is -1.33. The number of para-hydroxylation sites is 1. The number of hydroxylamine groups is 1. The Bertz CT molecular complexity index is 346. The number of benzene rings is 1. The van der Waals surface area contributed by atoms with Crippen LogP contribution in [0.2, 0.25) is 0 Å². The van der Waals surface area contributed by atoms with Crippen LogP contribution in [0.25, 0.3) is 6.08 Å². The molecule has 0 saturated heterocycles. The minimum Gasteiger partial charge on any atom is -0.465 e. The quantitative estimate of drug-likeness (QED) is 0.579. The number of hydrogen-bond donors (Lipinski definition) is 3. The standard InChI is InChI=1S/C8H7NO.CH3NO2/c1-2-4-8-7(3-1)5-6-9-10-8;2-1(3)4/h1-6,9H;2H2,(H,3,4). The number of nitrogens with two attached hydrogens (primary N) is 1. The number of fused-ring (bicyclic) bond motifs is 1. The summed E-state index contributed by atoms with van der Waals surface area (Å²) < 4.78 is 0. The fraction of sp³-hybridized carbons (Fsp3) is 0. The zero-order valence-corrected chi connectivity index (χ0v) is 7.31. The Morgan fingerprint density at radius 1 is 1.43 bits per heavy atom. The third kappa shape index (κ3) is 3.06. The number of carboxylic acid groups (broad SMARTS) is 1. The lowest BCUT2D eigenvalue weighted by Gasteiger charge is -2.11. The Morgan fingerprint density at radius 3 is 2.71 bits per heavy atom. The van der Waals surface area contributed by atoms with E-state index in [2.05, 4.69) is 11.2 Å². The van der Waals surface area contributed by atoms with Crippen molar-refractivity contribution < 1.29 is 14.7 Å². The maximum Gasteiger partial charge on any atom is 0.402 e. The molecule has 1 aliphatic rings. The van der Waals surface area contributed by atoms with E-state index < -0.39 is 6.09 Å². The first-order valence-corrected chi connectivity index (χ1v) is 3.86. The van der Waals surface area contributed by atoms with Gasteiger partial charge in [0.1, 0.15) is 0 Å². The fourth-order valence-electron chi connectivity index (χ4n) is 0.932. The van der Waals surface area contributed by atoms with Crippen LogP contribution in [0.1, 0.15) is 5.56 Å². The molecule has 0 atom stereocenters. The highest BCUT2D eigenvalue weighted by atomic mass is 16.6. The molecule has 0 aliphatic carbocycles. The van der Waals surface area contributed by atoms with Gasteiger partial charge in [-0.15, -0.1) is 0 Å². The molecule has 0 fully saturated rings. The zero-order chi connectivity index (χ0) is 10.4. The molecule has 1 aromatic rings. The number of carbonyl (C=O) groups is 1. The van der Waals surface area contributed by atoms with E-state index in [1.54, 1.807) is 6.20 Å². The van der Waals surface area contributed by atoms with Gasteiger partial charge in [0.15, 0.2) is 5.75 Å². The average molecular weight is 194 g/mol. The maximum absolute atomic E-state index is 8.78. The summed E-state index contributed by atoms with van der Waals surface area (Å²) in [6, 6.07) is 7.86. The van der Waals surface area contributed by atoms with E-state index in [0.29, 0.717) is 0 Å². The van der Waals surface area contributed by atoms with Crippen LogP contribution in [0.5, 0.6) is 5.75 Å². The second-order valence-corrected chi connectivity index (χ2v) is 2.43. The van der Waals surface area contributed by atoms with Gasteiger partial charge in [-0.25, -0.2) is 10.3 Å². The van der Waals surface area contributed by atoms with E-state index in [1.807, 2.05) is 30.3 Å². The van der Waals surface area contributed by atoms with Crippen LogP contribution in [-0.4, -0.2) is 11.2 Å². The molecule has 74 valence electrons. The van der Waals surface area contributed by atoms with Gasteiger partial charge in [-0.1, -0.05) is 18.2 Å². The molecule has 5 heteroatoms. The average Bonchev–Trinajstić information content (AvgIpc) is 2.17. The summed E-state index contributed by atoms with van der Waals surface area (Å²) in [4.78, 5) is 13.9. The molecule has 0 aromatic heterocycles. The van der Waals surface area contributed by atoms with Crippen LogP contribution in [0, 0.1) is 0 Å². The van der Waals surface area contributed by atoms with Gasteiger partial charge in [-0.3, -0.25) is 0 Å². The molecule has 4 N–H and O–H groups in total. The van der Waals surface area contributed by atoms with Crippen molar-refractivity contribution in [1.29, 1.82) is 0 Å². The molecule has 1 aromatic carbocycles. The molecule has 2 rings (SSSR count). The first-order chi connectivity index (χ1) is 6.70. The lowest BCUT2D eigenvalue weighted by molar-refractivity contribution is 0.205. The molecule has 0 radical (unpaired) electrons. The van der Waals surface area contributed by atoms with Crippen molar-refractivity contribution in [2.24, 2.45) is 5.73 Å². The maximum atomic E-state index is 8.78. The van der Waals surface area contributed by atoms with Crippen LogP contribution >= 0.6 is 0 Å². The van der Waals surface area contributed by atoms with E-state index in [1.165, 1.54) is 0 Å².